The van der Waals surface area contributed by atoms with Gasteiger partial charge in [0.15, 0.2) is 0 Å². The molecule has 0 radical (unpaired) electrons. The Balaban J connectivity index is 2.65. The lowest BCUT2D eigenvalue weighted by Gasteiger charge is -2.04. The number of hydrogen-bond acceptors (Lipinski definition) is 3. The van der Waals surface area contributed by atoms with Crippen LogP contribution in [0.5, 0.6) is 5.75 Å². The molecule has 0 aliphatic heterocycles. The van der Waals surface area contributed by atoms with Gasteiger partial charge in [-0.15, -0.1) is 0 Å². The number of benzene rings is 1. The molecule has 0 heterocycles. The SMILES string of the molecule is CCOC(=O)C(C)=COc1cccc(CC)c1. The smallest absolute Gasteiger partial charge is 0.336 e. The van der Waals surface area contributed by atoms with Crippen LogP contribution in [0.15, 0.2) is 36.1 Å². The first-order valence-corrected chi connectivity index (χ1v) is 5.76. The molecule has 3 nitrogen and oxygen atoms in total. The first-order valence-electron chi connectivity index (χ1n) is 5.76. The van der Waals surface area contributed by atoms with Crippen LogP contribution in [-0.2, 0) is 16.0 Å². The van der Waals surface area contributed by atoms with Crippen molar-refractivity contribution in [2.45, 2.75) is 27.2 Å². The van der Waals surface area contributed by atoms with E-state index >= 15 is 0 Å². The Labute approximate surface area is 102 Å². The average Bonchev–Trinajstić information content (AvgIpc) is 2.36. The highest BCUT2D eigenvalue weighted by molar-refractivity contribution is 5.87. The van der Waals surface area contributed by atoms with Gasteiger partial charge in [0.05, 0.1) is 12.2 Å². The largest absolute Gasteiger partial charge is 0.464 e. The van der Waals surface area contributed by atoms with Gasteiger partial charge in [-0.3, -0.25) is 0 Å². The predicted molar refractivity (Wildman–Crippen MR) is 66.8 cm³/mol. The Kier molecular flexibility index (Phi) is 5.27. The van der Waals surface area contributed by atoms with Gasteiger partial charge in [-0.2, -0.15) is 0 Å². The zero-order valence-corrected chi connectivity index (χ0v) is 10.5. The van der Waals surface area contributed by atoms with E-state index in [4.69, 9.17) is 9.47 Å². The van der Waals surface area contributed by atoms with Crippen LogP contribution in [0.3, 0.4) is 0 Å². The molecule has 3 heteroatoms. The first kappa shape index (κ1) is 13.3. The molecular weight excluding hydrogens is 216 g/mol. The molecule has 0 amide bonds. The molecule has 1 aromatic carbocycles. The summed E-state index contributed by atoms with van der Waals surface area (Å²) in [6.45, 7) is 5.90. The lowest BCUT2D eigenvalue weighted by Crippen LogP contribution is -2.06. The number of rotatable bonds is 5. The molecule has 0 saturated heterocycles. The Morgan fingerprint density at radius 3 is 2.76 bits per heavy atom. The van der Waals surface area contributed by atoms with Gasteiger partial charge in [-0.25, -0.2) is 4.79 Å². The first-order chi connectivity index (χ1) is 8.17. The Morgan fingerprint density at radius 1 is 1.35 bits per heavy atom. The number of aryl methyl sites for hydroxylation is 1. The standard InChI is InChI=1S/C14H18O3/c1-4-12-7-6-8-13(9-12)17-10-11(3)14(15)16-5-2/h6-10H,4-5H2,1-3H3. The Bertz CT molecular complexity index is 408. The maximum Gasteiger partial charge on any atom is 0.336 e. The second kappa shape index (κ2) is 6.74. The maximum atomic E-state index is 11.3. The van der Waals surface area contributed by atoms with E-state index in [1.165, 1.54) is 11.8 Å². The van der Waals surface area contributed by atoms with Crippen LogP contribution in [0.2, 0.25) is 0 Å². The third-order valence-corrected chi connectivity index (χ3v) is 2.28. The van der Waals surface area contributed by atoms with Gasteiger partial charge in [0.2, 0.25) is 0 Å². The number of carbonyl (C=O) groups is 1. The monoisotopic (exact) mass is 234 g/mol. The number of esters is 1. The highest BCUT2D eigenvalue weighted by Gasteiger charge is 2.04. The fourth-order valence-electron chi connectivity index (χ4n) is 1.29. The molecule has 0 N–H and O–H groups in total. The van der Waals surface area contributed by atoms with Crippen molar-refractivity contribution in [3.05, 3.63) is 41.7 Å². The number of hydrogen-bond donors (Lipinski definition) is 0. The van der Waals surface area contributed by atoms with Gasteiger partial charge in [-0.1, -0.05) is 19.1 Å². The topological polar surface area (TPSA) is 35.5 Å². The fraction of sp³-hybridized carbons (Fsp3) is 0.357. The van der Waals surface area contributed by atoms with Crippen LogP contribution in [0, 0.1) is 0 Å². The van der Waals surface area contributed by atoms with E-state index in [2.05, 4.69) is 6.92 Å². The molecule has 0 saturated carbocycles. The molecule has 17 heavy (non-hydrogen) atoms. The molecule has 0 aliphatic rings. The van der Waals surface area contributed by atoms with Gasteiger partial charge in [0.25, 0.3) is 0 Å². The van der Waals surface area contributed by atoms with E-state index in [0.717, 1.165) is 12.2 Å². The zero-order chi connectivity index (χ0) is 12.7. The minimum atomic E-state index is -0.348. The summed E-state index contributed by atoms with van der Waals surface area (Å²) < 4.78 is 10.3. The Hall–Kier alpha value is -1.77. The van der Waals surface area contributed by atoms with Crippen molar-refractivity contribution >= 4 is 5.97 Å². The van der Waals surface area contributed by atoms with Gasteiger partial charge in [0.1, 0.15) is 12.0 Å². The lowest BCUT2D eigenvalue weighted by molar-refractivity contribution is -0.138. The molecule has 0 spiro atoms. The minimum Gasteiger partial charge on any atom is -0.464 e. The Morgan fingerprint density at radius 2 is 2.12 bits per heavy atom. The summed E-state index contributed by atoms with van der Waals surface area (Å²) >= 11 is 0. The molecular formula is C14H18O3. The molecule has 1 rings (SSSR count). The predicted octanol–water partition coefficient (Wildman–Crippen LogP) is 3.09. The molecule has 0 bridgehead atoms. The summed E-state index contributed by atoms with van der Waals surface area (Å²) in [6.07, 6.45) is 2.38. The van der Waals surface area contributed by atoms with Crippen molar-refractivity contribution in [2.24, 2.45) is 0 Å². The van der Waals surface area contributed by atoms with E-state index in [9.17, 15) is 4.79 Å². The minimum absolute atomic E-state index is 0.348. The van der Waals surface area contributed by atoms with E-state index in [1.807, 2.05) is 24.3 Å². The van der Waals surface area contributed by atoms with Crippen molar-refractivity contribution in [2.75, 3.05) is 6.61 Å². The molecule has 0 aromatic heterocycles. The zero-order valence-electron chi connectivity index (χ0n) is 10.5. The van der Waals surface area contributed by atoms with Crippen LogP contribution >= 0.6 is 0 Å². The van der Waals surface area contributed by atoms with Crippen LogP contribution in [-0.4, -0.2) is 12.6 Å². The summed E-state index contributed by atoms with van der Waals surface area (Å²) in [4.78, 5) is 11.3. The normalized spacial score (nSPS) is 11.1. The quantitative estimate of drug-likeness (QED) is 0.446. The average molecular weight is 234 g/mol. The van der Waals surface area contributed by atoms with Crippen LogP contribution in [0.25, 0.3) is 0 Å². The van der Waals surface area contributed by atoms with Crippen LogP contribution in [0.4, 0.5) is 0 Å². The van der Waals surface area contributed by atoms with E-state index in [1.54, 1.807) is 13.8 Å². The highest BCUT2D eigenvalue weighted by atomic mass is 16.5. The van der Waals surface area contributed by atoms with Crippen molar-refractivity contribution in [3.63, 3.8) is 0 Å². The molecule has 1 aromatic rings. The summed E-state index contributed by atoms with van der Waals surface area (Å²) in [6, 6.07) is 7.78. The van der Waals surface area contributed by atoms with Crippen molar-refractivity contribution in [3.8, 4) is 5.75 Å². The number of carbonyl (C=O) groups excluding carboxylic acids is 1. The fourth-order valence-corrected chi connectivity index (χ4v) is 1.29. The van der Waals surface area contributed by atoms with Gasteiger partial charge >= 0.3 is 5.97 Å². The summed E-state index contributed by atoms with van der Waals surface area (Å²) in [7, 11) is 0. The maximum absolute atomic E-state index is 11.3. The highest BCUT2D eigenvalue weighted by Crippen LogP contribution is 2.14. The second-order valence-electron chi connectivity index (χ2n) is 3.64. The van der Waals surface area contributed by atoms with Crippen molar-refractivity contribution in [1.82, 2.24) is 0 Å². The van der Waals surface area contributed by atoms with Crippen molar-refractivity contribution < 1.29 is 14.3 Å². The third-order valence-electron chi connectivity index (χ3n) is 2.28. The molecule has 92 valence electrons. The molecule has 0 fully saturated rings. The summed E-state index contributed by atoms with van der Waals surface area (Å²) in [5.41, 5.74) is 1.65. The second-order valence-corrected chi connectivity index (χ2v) is 3.64. The third kappa shape index (κ3) is 4.31. The van der Waals surface area contributed by atoms with Gasteiger partial charge < -0.3 is 9.47 Å². The van der Waals surface area contributed by atoms with E-state index < -0.39 is 0 Å². The molecule has 0 atom stereocenters. The summed E-state index contributed by atoms with van der Waals surface area (Å²) in [5, 5.41) is 0. The van der Waals surface area contributed by atoms with E-state index in [0.29, 0.717) is 12.2 Å². The van der Waals surface area contributed by atoms with Gasteiger partial charge in [-0.05, 0) is 38.0 Å². The lowest BCUT2D eigenvalue weighted by atomic mass is 10.2. The summed E-state index contributed by atoms with van der Waals surface area (Å²) in [5.74, 6) is 0.382. The van der Waals surface area contributed by atoms with Crippen LogP contribution in [0.1, 0.15) is 26.3 Å². The molecule has 0 aliphatic carbocycles. The number of ether oxygens (including phenoxy) is 2. The van der Waals surface area contributed by atoms with Crippen molar-refractivity contribution in [1.29, 1.82) is 0 Å². The van der Waals surface area contributed by atoms with Crippen LogP contribution < -0.4 is 4.74 Å². The van der Waals surface area contributed by atoms with E-state index in [-0.39, 0.29) is 5.97 Å². The van der Waals surface area contributed by atoms with Gasteiger partial charge in [0, 0.05) is 0 Å². The molecule has 0 unspecified atom stereocenters.